The minimum absolute atomic E-state index is 0.0594. The average Bonchev–Trinajstić information content (AvgIpc) is 2.31. The van der Waals surface area contributed by atoms with Crippen molar-refractivity contribution in [3.05, 3.63) is 24.3 Å². The van der Waals surface area contributed by atoms with Gasteiger partial charge in [0, 0.05) is 4.94 Å². The standard InChI is InChI=1S/C8H13BCl2Si/c1-12(2,3)8(9(10)11)6-4-5-7-8/h4-7H,1-3H3. The van der Waals surface area contributed by atoms with Gasteiger partial charge < -0.3 is 0 Å². The zero-order valence-electron chi connectivity index (χ0n) is 7.64. The summed E-state index contributed by atoms with van der Waals surface area (Å²) in [6.45, 7) is 6.85. The van der Waals surface area contributed by atoms with E-state index in [1.807, 2.05) is 12.2 Å². The molecule has 0 aliphatic heterocycles. The monoisotopic (exact) mass is 218 g/mol. The lowest BCUT2D eigenvalue weighted by atomic mass is 9.84. The van der Waals surface area contributed by atoms with Crippen LogP contribution in [0.2, 0.25) is 24.6 Å². The maximum absolute atomic E-state index is 6.02. The predicted octanol–water partition coefficient (Wildman–Crippen LogP) is 3.70. The van der Waals surface area contributed by atoms with E-state index in [1.165, 1.54) is 0 Å². The van der Waals surface area contributed by atoms with E-state index in [2.05, 4.69) is 31.8 Å². The highest BCUT2D eigenvalue weighted by atomic mass is 35.5. The first-order valence-electron chi connectivity index (χ1n) is 4.05. The van der Waals surface area contributed by atoms with Crippen LogP contribution in [0, 0.1) is 0 Å². The fourth-order valence-corrected chi connectivity index (χ4v) is 5.56. The van der Waals surface area contributed by atoms with Crippen LogP contribution in [0.15, 0.2) is 24.3 Å². The van der Waals surface area contributed by atoms with Gasteiger partial charge in [-0.05, 0) is 0 Å². The largest absolute Gasteiger partial charge is 0.362 e. The minimum Gasteiger partial charge on any atom is -0.170 e. The van der Waals surface area contributed by atoms with Gasteiger partial charge in [-0.15, -0.1) is 0 Å². The zero-order chi connectivity index (χ0) is 9.41. The third kappa shape index (κ3) is 1.52. The summed E-state index contributed by atoms with van der Waals surface area (Å²) < 4.78 is 0. The molecule has 0 aromatic carbocycles. The summed E-state index contributed by atoms with van der Waals surface area (Å²) >= 11 is 12.0. The lowest BCUT2D eigenvalue weighted by Gasteiger charge is -2.37. The fraction of sp³-hybridized carbons (Fsp3) is 0.500. The molecular formula is C8H13BCl2Si. The Balaban J connectivity index is 3.05. The van der Waals surface area contributed by atoms with Crippen LogP contribution < -0.4 is 0 Å². The molecule has 0 nitrogen and oxygen atoms in total. The van der Waals surface area contributed by atoms with Crippen molar-refractivity contribution in [2.24, 2.45) is 0 Å². The summed E-state index contributed by atoms with van der Waals surface area (Å²) in [5, 5.41) is 0. The summed E-state index contributed by atoms with van der Waals surface area (Å²) in [4.78, 5) is -0.0594. The van der Waals surface area contributed by atoms with Gasteiger partial charge in [-0.1, -0.05) is 43.9 Å². The normalized spacial score (nSPS) is 20.1. The van der Waals surface area contributed by atoms with Crippen LogP contribution in [-0.4, -0.2) is 13.6 Å². The summed E-state index contributed by atoms with van der Waals surface area (Å²) in [6, 6.07) is 0. The molecule has 0 bridgehead atoms. The molecule has 1 aliphatic carbocycles. The van der Waals surface area contributed by atoms with Gasteiger partial charge in [0.25, 0.3) is 0 Å². The van der Waals surface area contributed by atoms with E-state index in [9.17, 15) is 0 Å². The van der Waals surface area contributed by atoms with Crippen LogP contribution >= 0.6 is 22.9 Å². The fourth-order valence-electron chi connectivity index (χ4n) is 1.46. The molecule has 1 rings (SSSR count). The van der Waals surface area contributed by atoms with Crippen molar-refractivity contribution in [1.82, 2.24) is 0 Å². The van der Waals surface area contributed by atoms with Crippen molar-refractivity contribution in [1.29, 1.82) is 0 Å². The van der Waals surface area contributed by atoms with E-state index >= 15 is 0 Å². The Hall–Kier alpha value is 0.342. The molecule has 0 atom stereocenters. The molecule has 0 spiro atoms. The second-order valence-electron chi connectivity index (χ2n) is 4.20. The van der Waals surface area contributed by atoms with Crippen LogP contribution in [0.1, 0.15) is 0 Å². The molecule has 0 saturated carbocycles. The number of allylic oxidation sites excluding steroid dienone is 4. The average molecular weight is 219 g/mol. The van der Waals surface area contributed by atoms with Crippen molar-refractivity contribution >= 4 is 36.5 Å². The Morgan fingerprint density at radius 1 is 1.08 bits per heavy atom. The van der Waals surface area contributed by atoms with Crippen LogP contribution in [0.5, 0.6) is 0 Å². The molecule has 66 valence electrons. The van der Waals surface area contributed by atoms with E-state index in [0.717, 1.165) is 0 Å². The number of halogens is 2. The smallest absolute Gasteiger partial charge is 0.170 e. The lowest BCUT2D eigenvalue weighted by molar-refractivity contribution is 1.16. The molecule has 0 N–H and O–H groups in total. The second kappa shape index (κ2) is 3.24. The van der Waals surface area contributed by atoms with Crippen molar-refractivity contribution in [2.45, 2.75) is 24.6 Å². The van der Waals surface area contributed by atoms with Crippen LogP contribution in [0.4, 0.5) is 0 Å². The summed E-state index contributed by atoms with van der Waals surface area (Å²) in [6.07, 6.45) is 8.36. The number of rotatable bonds is 2. The summed E-state index contributed by atoms with van der Waals surface area (Å²) in [5.41, 5.74) is -0.320. The minimum atomic E-state index is -1.38. The highest BCUT2D eigenvalue weighted by Gasteiger charge is 2.47. The first-order valence-corrected chi connectivity index (χ1v) is 8.43. The van der Waals surface area contributed by atoms with Crippen molar-refractivity contribution in [2.75, 3.05) is 0 Å². The van der Waals surface area contributed by atoms with E-state index in [-0.39, 0.29) is 10.5 Å². The van der Waals surface area contributed by atoms with E-state index in [0.29, 0.717) is 0 Å². The molecule has 0 aromatic heterocycles. The maximum Gasteiger partial charge on any atom is 0.362 e. The third-order valence-electron chi connectivity index (χ3n) is 2.52. The molecule has 0 heterocycles. The Bertz CT molecular complexity index is 216. The summed E-state index contributed by atoms with van der Waals surface area (Å²) in [5.74, 6) is 0. The highest BCUT2D eigenvalue weighted by Crippen LogP contribution is 2.48. The van der Waals surface area contributed by atoms with Gasteiger partial charge in [0.2, 0.25) is 0 Å². The van der Waals surface area contributed by atoms with Gasteiger partial charge in [-0.2, -0.15) is 22.9 Å². The van der Waals surface area contributed by atoms with Crippen molar-refractivity contribution < 1.29 is 0 Å². The van der Waals surface area contributed by atoms with Gasteiger partial charge in [-0.3, -0.25) is 0 Å². The highest BCUT2D eigenvalue weighted by molar-refractivity contribution is 7.38. The van der Waals surface area contributed by atoms with E-state index in [1.54, 1.807) is 0 Å². The van der Waals surface area contributed by atoms with Gasteiger partial charge in [0.1, 0.15) is 0 Å². The summed E-state index contributed by atoms with van der Waals surface area (Å²) in [7, 11) is -1.38. The predicted molar refractivity (Wildman–Crippen MR) is 61.8 cm³/mol. The first-order chi connectivity index (χ1) is 5.40. The van der Waals surface area contributed by atoms with Gasteiger partial charge in [0.15, 0.2) is 0 Å². The molecule has 0 radical (unpaired) electrons. The topological polar surface area (TPSA) is 0 Å². The second-order valence-corrected chi connectivity index (χ2v) is 10.7. The van der Waals surface area contributed by atoms with E-state index in [4.69, 9.17) is 22.9 Å². The Labute approximate surface area is 85.6 Å². The molecule has 0 aromatic rings. The quantitative estimate of drug-likeness (QED) is 0.621. The molecular weight excluding hydrogens is 206 g/mol. The SMILES string of the molecule is C[Si](C)(C)C1(B(Cl)Cl)C=CC=C1. The first kappa shape index (κ1) is 10.4. The molecule has 1 aliphatic rings. The molecule has 0 saturated heterocycles. The van der Waals surface area contributed by atoms with Gasteiger partial charge in [-0.25, -0.2) is 0 Å². The van der Waals surface area contributed by atoms with Crippen LogP contribution in [0.3, 0.4) is 0 Å². The Morgan fingerprint density at radius 3 is 1.67 bits per heavy atom. The lowest BCUT2D eigenvalue weighted by Crippen LogP contribution is -2.42. The molecule has 0 unspecified atom stereocenters. The van der Waals surface area contributed by atoms with Crippen molar-refractivity contribution in [3.63, 3.8) is 0 Å². The van der Waals surface area contributed by atoms with Crippen LogP contribution in [0.25, 0.3) is 0 Å². The van der Waals surface area contributed by atoms with Gasteiger partial charge >= 0.3 is 5.54 Å². The maximum atomic E-state index is 6.02. The third-order valence-corrected chi connectivity index (χ3v) is 6.82. The molecule has 4 heteroatoms. The van der Waals surface area contributed by atoms with Crippen molar-refractivity contribution in [3.8, 4) is 0 Å². The van der Waals surface area contributed by atoms with Gasteiger partial charge in [0.05, 0.1) is 8.07 Å². The zero-order valence-corrected chi connectivity index (χ0v) is 10.2. The van der Waals surface area contributed by atoms with Crippen LogP contribution in [-0.2, 0) is 0 Å². The number of hydrogen-bond donors (Lipinski definition) is 0. The Morgan fingerprint density at radius 2 is 1.50 bits per heavy atom. The van der Waals surface area contributed by atoms with E-state index < -0.39 is 8.07 Å². The molecule has 0 amide bonds. The molecule has 0 fully saturated rings. The number of hydrogen-bond acceptors (Lipinski definition) is 0. The Kier molecular flexibility index (Phi) is 2.82. The molecule has 12 heavy (non-hydrogen) atoms.